The zero-order valence-electron chi connectivity index (χ0n) is 18.2. The normalized spacial score (nSPS) is 11.2. The van der Waals surface area contributed by atoms with E-state index in [2.05, 4.69) is 25.4 Å². The van der Waals surface area contributed by atoms with E-state index in [9.17, 15) is 9.18 Å². The average molecular weight is 481 g/mol. The number of benzene rings is 3. The fourth-order valence-electron chi connectivity index (χ4n) is 4.00. The minimum Gasteiger partial charge on any atom is -0.340 e. The van der Waals surface area contributed by atoms with E-state index in [0.717, 1.165) is 49.9 Å². The summed E-state index contributed by atoms with van der Waals surface area (Å²) < 4.78 is 15.4. The van der Waals surface area contributed by atoms with Crippen molar-refractivity contribution in [2.75, 3.05) is 5.32 Å². The lowest BCUT2D eigenvalue weighted by Crippen LogP contribution is -2.01. The highest BCUT2D eigenvalue weighted by atomic mass is 32.1. The molecule has 0 amide bonds. The lowest BCUT2D eigenvalue weighted by atomic mass is 10.1. The topological polar surface area (TPSA) is 85.6 Å². The molecule has 0 atom stereocenters. The summed E-state index contributed by atoms with van der Waals surface area (Å²) in [5, 5.41) is 10.4. The molecule has 0 aliphatic carbocycles. The molecule has 1 N–H and O–H groups in total. The van der Waals surface area contributed by atoms with Gasteiger partial charge in [0.05, 0.1) is 28.7 Å². The van der Waals surface area contributed by atoms with Crippen molar-refractivity contribution >= 4 is 50.9 Å². The lowest BCUT2D eigenvalue weighted by Gasteiger charge is -2.10. The summed E-state index contributed by atoms with van der Waals surface area (Å²) in [6.07, 6.45) is 5.69. The first-order valence-corrected chi connectivity index (χ1v) is 11.6. The van der Waals surface area contributed by atoms with Crippen LogP contribution >= 0.6 is 11.3 Å². The molecule has 3 aromatic heterocycles. The third kappa shape index (κ3) is 4.13. The number of anilines is 2. The summed E-state index contributed by atoms with van der Waals surface area (Å²) >= 11 is 1.34. The SMILES string of the molecule is O=Cc1cnc(-c2ccc3ncnc(Nc4ccc5c(cnn5Cc5cccc(F)c5)c4)c3c2)s1. The van der Waals surface area contributed by atoms with Crippen molar-refractivity contribution in [1.82, 2.24) is 24.7 Å². The van der Waals surface area contributed by atoms with Gasteiger partial charge < -0.3 is 5.32 Å². The number of rotatable bonds is 6. The maximum absolute atomic E-state index is 13.6. The van der Waals surface area contributed by atoms with Gasteiger partial charge in [0.1, 0.15) is 23.0 Å². The fourth-order valence-corrected chi connectivity index (χ4v) is 4.73. The first-order chi connectivity index (χ1) is 17.2. The molecular formula is C26H17FN6OS. The number of hydrogen-bond donors (Lipinski definition) is 1. The smallest absolute Gasteiger partial charge is 0.161 e. The molecule has 0 saturated carbocycles. The van der Waals surface area contributed by atoms with Crippen molar-refractivity contribution < 1.29 is 9.18 Å². The van der Waals surface area contributed by atoms with Crippen LogP contribution in [0.2, 0.25) is 0 Å². The molecule has 0 saturated heterocycles. The van der Waals surface area contributed by atoms with Gasteiger partial charge in [-0.3, -0.25) is 9.48 Å². The maximum Gasteiger partial charge on any atom is 0.161 e. The molecule has 6 aromatic rings. The summed E-state index contributed by atoms with van der Waals surface area (Å²) in [6.45, 7) is 0.482. The minimum atomic E-state index is -0.260. The van der Waals surface area contributed by atoms with Gasteiger partial charge in [-0.2, -0.15) is 5.10 Å². The van der Waals surface area contributed by atoms with Gasteiger partial charge in [-0.25, -0.2) is 19.3 Å². The average Bonchev–Trinajstić information content (AvgIpc) is 3.51. The molecule has 6 rings (SSSR count). The molecule has 9 heteroatoms. The summed E-state index contributed by atoms with van der Waals surface area (Å²) in [4.78, 5) is 24.8. The Morgan fingerprint density at radius 3 is 2.80 bits per heavy atom. The van der Waals surface area contributed by atoms with Crippen molar-refractivity contribution in [3.63, 3.8) is 0 Å². The second-order valence-electron chi connectivity index (χ2n) is 7.97. The molecule has 0 unspecified atom stereocenters. The monoisotopic (exact) mass is 480 g/mol. The summed E-state index contributed by atoms with van der Waals surface area (Å²) in [5.41, 5.74) is 4.33. The van der Waals surface area contributed by atoms with Crippen LogP contribution in [0.3, 0.4) is 0 Å². The Hall–Kier alpha value is -4.50. The Balaban J connectivity index is 1.31. The number of aromatic nitrogens is 5. The molecule has 0 aliphatic rings. The number of halogens is 1. The largest absolute Gasteiger partial charge is 0.340 e. The highest BCUT2D eigenvalue weighted by Gasteiger charge is 2.11. The summed E-state index contributed by atoms with van der Waals surface area (Å²) in [5.74, 6) is 0.403. The Bertz CT molecular complexity index is 1710. The van der Waals surface area contributed by atoms with Gasteiger partial charge in [0.25, 0.3) is 0 Å². The number of carbonyl (C=O) groups is 1. The van der Waals surface area contributed by atoms with Gasteiger partial charge in [0.2, 0.25) is 0 Å². The summed E-state index contributed by atoms with van der Waals surface area (Å²) in [6, 6.07) is 18.3. The van der Waals surface area contributed by atoms with E-state index in [1.54, 1.807) is 18.5 Å². The second kappa shape index (κ2) is 8.69. The number of carbonyl (C=O) groups excluding carboxylic acids is 1. The number of thiazole rings is 1. The van der Waals surface area contributed by atoms with Crippen LogP contribution in [0.5, 0.6) is 0 Å². The second-order valence-corrected chi connectivity index (χ2v) is 9.03. The van der Waals surface area contributed by atoms with Crippen LogP contribution < -0.4 is 5.32 Å². The van der Waals surface area contributed by atoms with Gasteiger partial charge >= 0.3 is 0 Å². The van der Waals surface area contributed by atoms with E-state index >= 15 is 0 Å². The molecule has 0 radical (unpaired) electrons. The van der Waals surface area contributed by atoms with Crippen LogP contribution in [-0.4, -0.2) is 31.0 Å². The van der Waals surface area contributed by atoms with Gasteiger partial charge in [-0.15, -0.1) is 11.3 Å². The number of hydrogen-bond acceptors (Lipinski definition) is 7. The predicted octanol–water partition coefficient (Wildman–Crippen LogP) is 5.85. The van der Waals surface area contributed by atoms with E-state index in [1.165, 1.54) is 29.8 Å². The van der Waals surface area contributed by atoms with Gasteiger partial charge in [-0.05, 0) is 54.1 Å². The molecule has 170 valence electrons. The first kappa shape index (κ1) is 21.1. The Labute approximate surface area is 202 Å². The molecule has 3 heterocycles. The lowest BCUT2D eigenvalue weighted by molar-refractivity contribution is 0.112. The van der Waals surface area contributed by atoms with Crippen LogP contribution in [-0.2, 0) is 6.54 Å². The molecule has 0 aliphatic heterocycles. The number of nitrogens with one attached hydrogen (secondary N) is 1. The number of fused-ring (bicyclic) bond motifs is 2. The van der Waals surface area contributed by atoms with Crippen molar-refractivity contribution in [2.24, 2.45) is 0 Å². The van der Waals surface area contributed by atoms with E-state index < -0.39 is 0 Å². The van der Waals surface area contributed by atoms with Crippen molar-refractivity contribution in [3.8, 4) is 10.6 Å². The van der Waals surface area contributed by atoms with E-state index in [4.69, 9.17) is 0 Å². The predicted molar refractivity (Wildman–Crippen MR) is 135 cm³/mol. The van der Waals surface area contributed by atoms with Gasteiger partial charge in [0.15, 0.2) is 6.29 Å². The summed E-state index contributed by atoms with van der Waals surface area (Å²) in [7, 11) is 0. The highest BCUT2D eigenvalue weighted by Crippen LogP contribution is 2.31. The van der Waals surface area contributed by atoms with Crippen molar-refractivity contribution in [3.05, 3.63) is 95.6 Å². The molecule has 0 fully saturated rings. The quantitative estimate of drug-likeness (QED) is 0.301. The standard InChI is InChI=1S/C26H17FN6OS/c27-19-3-1-2-16(8-19)13-33-24-7-5-20(9-18(24)11-31-33)32-25-22-10-17(4-6-23(22)29-15-30-25)26-28-12-21(14-34)35-26/h1-12,14-15H,13H2,(H,29,30,32). The van der Waals surface area contributed by atoms with Crippen LogP contribution in [0.4, 0.5) is 15.9 Å². The number of aldehydes is 1. The molecule has 0 bridgehead atoms. The van der Waals surface area contributed by atoms with E-state index in [1.807, 2.05) is 47.1 Å². The first-order valence-electron chi connectivity index (χ1n) is 10.8. The van der Waals surface area contributed by atoms with Crippen LogP contribution in [0, 0.1) is 5.82 Å². The Morgan fingerprint density at radius 1 is 1.00 bits per heavy atom. The Morgan fingerprint density at radius 2 is 1.94 bits per heavy atom. The van der Waals surface area contributed by atoms with Crippen LogP contribution in [0.1, 0.15) is 15.2 Å². The van der Waals surface area contributed by atoms with Crippen LogP contribution in [0.15, 0.2) is 79.4 Å². The van der Waals surface area contributed by atoms with Crippen molar-refractivity contribution in [1.29, 1.82) is 0 Å². The third-order valence-electron chi connectivity index (χ3n) is 5.65. The maximum atomic E-state index is 13.6. The highest BCUT2D eigenvalue weighted by molar-refractivity contribution is 7.16. The van der Waals surface area contributed by atoms with Crippen LogP contribution in [0.25, 0.3) is 32.4 Å². The zero-order valence-corrected chi connectivity index (χ0v) is 19.0. The van der Waals surface area contributed by atoms with E-state index in [-0.39, 0.29) is 5.82 Å². The Kier molecular flexibility index (Phi) is 5.23. The molecule has 0 spiro atoms. The van der Waals surface area contributed by atoms with E-state index in [0.29, 0.717) is 17.2 Å². The fraction of sp³-hybridized carbons (Fsp3) is 0.0385. The van der Waals surface area contributed by atoms with Crippen molar-refractivity contribution in [2.45, 2.75) is 6.54 Å². The molecule has 3 aromatic carbocycles. The zero-order chi connectivity index (χ0) is 23.8. The van der Waals surface area contributed by atoms with Gasteiger partial charge in [-0.1, -0.05) is 12.1 Å². The molecule has 7 nitrogen and oxygen atoms in total. The van der Waals surface area contributed by atoms with Gasteiger partial charge in [0, 0.05) is 28.2 Å². The molecule has 35 heavy (non-hydrogen) atoms. The minimum absolute atomic E-state index is 0.260. The number of nitrogens with zero attached hydrogens (tertiary/aromatic N) is 5. The third-order valence-corrected chi connectivity index (χ3v) is 6.62. The molecular weight excluding hydrogens is 463 g/mol.